The molecule has 0 unspecified atom stereocenters. The van der Waals surface area contributed by atoms with Crippen LogP contribution in [0.25, 0.3) is 38.5 Å². The highest BCUT2D eigenvalue weighted by atomic mass is 19.1. The van der Waals surface area contributed by atoms with Gasteiger partial charge in [-0.25, -0.2) is 4.39 Å². The van der Waals surface area contributed by atoms with Gasteiger partial charge in [0.05, 0.1) is 48.3 Å². The summed E-state index contributed by atoms with van der Waals surface area (Å²) in [4.78, 5) is 33.1. The van der Waals surface area contributed by atoms with Gasteiger partial charge in [0.2, 0.25) is 0 Å². The largest absolute Gasteiger partial charge is 0.392 e. The van der Waals surface area contributed by atoms with Gasteiger partial charge in [0.1, 0.15) is 11.6 Å². The number of ether oxygens (including phenoxy) is 1. The first kappa shape index (κ1) is 32.2. The molecule has 2 aliphatic heterocycles. The van der Waals surface area contributed by atoms with E-state index in [-0.39, 0.29) is 16.7 Å². The summed E-state index contributed by atoms with van der Waals surface area (Å²) in [6, 6.07) is 16.2. The summed E-state index contributed by atoms with van der Waals surface area (Å²) in [6.07, 6.45) is 6.87. The van der Waals surface area contributed by atoms with Gasteiger partial charge in [-0.15, -0.1) is 0 Å². The number of aliphatic hydroxyl groups is 1. The Hall–Kier alpha value is -5.39. The molecule has 7 rings (SSSR count). The van der Waals surface area contributed by atoms with Crippen molar-refractivity contribution in [2.24, 2.45) is 0 Å². The standard InChI is InChI=1S/C38H37FN6O4/c1-38(2,3)27-17-26-21-42-45(37(48)34(26)30(39)19-27)32-8-4-7-28(29(32)22-46)25-16-23-6-5-11-40-35(23)31(18-25)43-33-10-9-24(20-41-33)36(47)44-12-14-49-15-13-44/h4-11,16-19,21,41,43,46H,12-15,20,22H2,1-3H3. The number of carbonyl (C=O) groups is 1. The Morgan fingerprint density at radius 3 is 2.61 bits per heavy atom. The van der Waals surface area contributed by atoms with Crippen LogP contribution in [0.15, 0.2) is 95.3 Å². The van der Waals surface area contributed by atoms with Gasteiger partial charge in [-0.05, 0) is 70.7 Å². The molecule has 2 aliphatic rings. The number of nitrogens with zero attached hydrogens (tertiary/aromatic N) is 4. The Kier molecular flexibility index (Phi) is 8.47. The molecule has 0 bridgehead atoms. The van der Waals surface area contributed by atoms with Crippen molar-refractivity contribution in [2.75, 3.05) is 38.2 Å². The van der Waals surface area contributed by atoms with Crippen molar-refractivity contribution in [3.8, 4) is 16.8 Å². The molecule has 3 N–H and O–H groups in total. The van der Waals surface area contributed by atoms with E-state index in [2.05, 4.69) is 20.7 Å². The van der Waals surface area contributed by atoms with Gasteiger partial charge in [-0.1, -0.05) is 39.0 Å². The third kappa shape index (κ3) is 6.18. The SMILES string of the molecule is CC(C)(C)c1cc(F)c2c(=O)n(-c3cccc(-c4cc(NC5=CC=C(C(=O)N6CCOCC6)CN5)c5ncccc5c4)c3CO)ncc2c1. The van der Waals surface area contributed by atoms with Gasteiger partial charge < -0.3 is 25.4 Å². The lowest BCUT2D eigenvalue weighted by atomic mass is 9.86. The first-order chi connectivity index (χ1) is 23.6. The van der Waals surface area contributed by atoms with Crippen LogP contribution in [-0.4, -0.2) is 63.5 Å². The zero-order valence-corrected chi connectivity index (χ0v) is 27.6. The maximum Gasteiger partial charge on any atom is 0.282 e. The quantitative estimate of drug-likeness (QED) is 0.228. The van der Waals surface area contributed by atoms with E-state index >= 15 is 4.39 Å². The van der Waals surface area contributed by atoms with E-state index in [1.807, 2.05) is 63.3 Å². The van der Waals surface area contributed by atoms with Crippen LogP contribution in [0.2, 0.25) is 0 Å². The van der Waals surface area contributed by atoms with E-state index in [0.717, 1.165) is 26.7 Å². The monoisotopic (exact) mass is 660 g/mol. The van der Waals surface area contributed by atoms with E-state index in [0.29, 0.717) is 72.1 Å². The van der Waals surface area contributed by atoms with E-state index in [4.69, 9.17) is 4.74 Å². The smallest absolute Gasteiger partial charge is 0.282 e. The molecular formula is C38H37FN6O4. The molecule has 49 heavy (non-hydrogen) atoms. The first-order valence-electron chi connectivity index (χ1n) is 16.3. The fourth-order valence-electron chi connectivity index (χ4n) is 6.33. The average molecular weight is 661 g/mol. The Morgan fingerprint density at radius 2 is 1.88 bits per heavy atom. The molecule has 3 aromatic carbocycles. The van der Waals surface area contributed by atoms with Gasteiger partial charge in [0.15, 0.2) is 0 Å². The van der Waals surface area contributed by atoms with Gasteiger partial charge in [-0.2, -0.15) is 9.78 Å². The second-order valence-corrected chi connectivity index (χ2v) is 13.2. The molecule has 4 heterocycles. The number of morpholine rings is 1. The molecule has 5 aromatic rings. The van der Waals surface area contributed by atoms with E-state index in [1.165, 1.54) is 12.3 Å². The van der Waals surface area contributed by atoms with Crippen molar-refractivity contribution < 1.29 is 19.0 Å². The van der Waals surface area contributed by atoms with Crippen molar-refractivity contribution in [3.05, 3.63) is 118 Å². The van der Waals surface area contributed by atoms with Crippen molar-refractivity contribution in [2.45, 2.75) is 32.8 Å². The number of halogens is 1. The number of rotatable bonds is 6. The number of aliphatic hydroxyl groups excluding tert-OH is 1. The fraction of sp³-hybridized carbons (Fsp3) is 0.263. The van der Waals surface area contributed by atoms with Gasteiger partial charge >= 0.3 is 0 Å². The number of fused-ring (bicyclic) bond motifs is 2. The maximum atomic E-state index is 15.5. The van der Waals surface area contributed by atoms with E-state index in [1.54, 1.807) is 29.3 Å². The number of pyridine rings is 1. The Bertz CT molecular complexity index is 2230. The average Bonchev–Trinajstić information content (AvgIpc) is 3.11. The molecule has 1 fully saturated rings. The van der Waals surface area contributed by atoms with Crippen LogP contribution in [0.4, 0.5) is 10.1 Å². The second-order valence-electron chi connectivity index (χ2n) is 13.2. The number of allylic oxidation sites excluding steroid dienone is 2. The highest BCUT2D eigenvalue weighted by Crippen LogP contribution is 2.35. The number of amides is 1. The topological polar surface area (TPSA) is 122 Å². The van der Waals surface area contributed by atoms with Crippen LogP contribution in [0, 0.1) is 5.82 Å². The molecule has 1 amide bonds. The number of anilines is 1. The van der Waals surface area contributed by atoms with Crippen molar-refractivity contribution in [3.63, 3.8) is 0 Å². The summed E-state index contributed by atoms with van der Waals surface area (Å²) in [6.45, 7) is 8.15. The van der Waals surface area contributed by atoms with Crippen LogP contribution in [-0.2, 0) is 21.6 Å². The molecule has 250 valence electrons. The lowest BCUT2D eigenvalue weighted by molar-refractivity contribution is -0.131. The summed E-state index contributed by atoms with van der Waals surface area (Å²) < 4.78 is 22.0. The zero-order chi connectivity index (χ0) is 34.3. The molecule has 1 saturated heterocycles. The number of benzene rings is 3. The fourth-order valence-corrected chi connectivity index (χ4v) is 6.33. The molecule has 2 aromatic heterocycles. The summed E-state index contributed by atoms with van der Waals surface area (Å²) in [5.41, 5.74) is 4.20. The highest BCUT2D eigenvalue weighted by Gasteiger charge is 2.23. The van der Waals surface area contributed by atoms with E-state index in [9.17, 15) is 14.7 Å². The lowest BCUT2D eigenvalue weighted by Crippen LogP contribution is -2.43. The number of aromatic nitrogens is 3. The van der Waals surface area contributed by atoms with Gasteiger partial charge in [0, 0.05) is 47.7 Å². The minimum absolute atomic E-state index is 0.00552. The zero-order valence-electron chi connectivity index (χ0n) is 27.6. The van der Waals surface area contributed by atoms with Crippen molar-refractivity contribution in [1.29, 1.82) is 0 Å². The predicted molar refractivity (Wildman–Crippen MR) is 188 cm³/mol. The summed E-state index contributed by atoms with van der Waals surface area (Å²) in [7, 11) is 0. The molecular weight excluding hydrogens is 623 g/mol. The lowest BCUT2D eigenvalue weighted by Gasteiger charge is -2.29. The van der Waals surface area contributed by atoms with Crippen LogP contribution >= 0.6 is 0 Å². The predicted octanol–water partition coefficient (Wildman–Crippen LogP) is 5.17. The Morgan fingerprint density at radius 1 is 1.06 bits per heavy atom. The van der Waals surface area contributed by atoms with Crippen LogP contribution < -0.4 is 16.2 Å². The van der Waals surface area contributed by atoms with Crippen LogP contribution in [0.3, 0.4) is 0 Å². The van der Waals surface area contributed by atoms with E-state index < -0.39 is 18.0 Å². The van der Waals surface area contributed by atoms with Crippen molar-refractivity contribution in [1.82, 2.24) is 25.0 Å². The summed E-state index contributed by atoms with van der Waals surface area (Å²) >= 11 is 0. The third-order valence-corrected chi connectivity index (χ3v) is 9.02. The number of hydrogen-bond donors (Lipinski definition) is 3. The number of hydrogen-bond acceptors (Lipinski definition) is 8. The molecule has 0 spiro atoms. The normalized spacial score (nSPS) is 15.2. The number of dihydropyridines is 1. The summed E-state index contributed by atoms with van der Waals surface area (Å²) in [5.74, 6) is 0.0810. The summed E-state index contributed by atoms with van der Waals surface area (Å²) in [5, 5.41) is 23.1. The second kappa shape index (κ2) is 12.9. The van der Waals surface area contributed by atoms with Crippen LogP contribution in [0.1, 0.15) is 31.9 Å². The molecule has 0 saturated carbocycles. The maximum absolute atomic E-state index is 15.5. The molecule has 10 nitrogen and oxygen atoms in total. The Balaban J connectivity index is 1.27. The molecule has 0 radical (unpaired) electrons. The number of nitrogens with one attached hydrogen (secondary N) is 2. The van der Waals surface area contributed by atoms with Gasteiger partial charge in [-0.3, -0.25) is 14.6 Å². The first-order valence-corrected chi connectivity index (χ1v) is 16.3. The molecule has 0 atom stereocenters. The highest BCUT2D eigenvalue weighted by molar-refractivity contribution is 5.97. The van der Waals surface area contributed by atoms with Crippen molar-refractivity contribution >= 4 is 33.3 Å². The minimum Gasteiger partial charge on any atom is -0.392 e. The Labute approximate surface area is 282 Å². The van der Waals surface area contributed by atoms with Crippen LogP contribution in [0.5, 0.6) is 0 Å². The molecule has 11 heteroatoms. The third-order valence-electron chi connectivity index (χ3n) is 9.02. The molecule has 0 aliphatic carbocycles. The number of carbonyl (C=O) groups excluding carboxylic acids is 1. The minimum atomic E-state index is -0.610. The van der Waals surface area contributed by atoms with Gasteiger partial charge in [0.25, 0.3) is 11.5 Å².